The summed E-state index contributed by atoms with van der Waals surface area (Å²) in [4.78, 5) is 26.8. The average Bonchev–Trinajstić information content (AvgIpc) is 2.59. The fourth-order valence-corrected chi connectivity index (χ4v) is 3.03. The van der Waals surface area contributed by atoms with Crippen LogP contribution in [0.5, 0.6) is 0 Å². The molecule has 1 N–H and O–H groups in total. The van der Waals surface area contributed by atoms with E-state index >= 15 is 0 Å². The van der Waals surface area contributed by atoms with E-state index in [-0.39, 0.29) is 12.3 Å². The number of allylic oxidation sites excluding steroid dienone is 2. The molecule has 7 heteroatoms. The van der Waals surface area contributed by atoms with Crippen LogP contribution in [0.15, 0.2) is 12.2 Å². The number of carbonyl (C=O) groups is 2. The lowest BCUT2D eigenvalue weighted by atomic mass is 9.81. The zero-order chi connectivity index (χ0) is 16.8. The number of nitrogens with zero attached hydrogens (tertiary/aromatic N) is 1. The van der Waals surface area contributed by atoms with Gasteiger partial charge in [0, 0.05) is 13.1 Å². The zero-order valence-corrected chi connectivity index (χ0v) is 13.3. The van der Waals surface area contributed by atoms with Gasteiger partial charge in [0.25, 0.3) is 6.43 Å². The monoisotopic (exact) mass is 330 g/mol. The molecule has 1 aliphatic heterocycles. The van der Waals surface area contributed by atoms with Gasteiger partial charge in [-0.15, -0.1) is 0 Å². The third-order valence-corrected chi connectivity index (χ3v) is 4.48. The molecule has 3 atom stereocenters. The number of carbonyl (C=O) groups excluding carboxylic acids is 2. The minimum absolute atomic E-state index is 0.0807. The van der Waals surface area contributed by atoms with Crippen LogP contribution in [0.1, 0.15) is 26.2 Å². The highest BCUT2D eigenvalue weighted by atomic mass is 19.3. The molecule has 0 saturated carbocycles. The molecule has 1 saturated heterocycles. The summed E-state index contributed by atoms with van der Waals surface area (Å²) in [5.41, 5.74) is 0. The SMILES string of the molecule is CCC(NC(=O)C1CC=CCC1C(=O)N1CCOCC1)C(F)F. The molecule has 0 aromatic rings. The summed E-state index contributed by atoms with van der Waals surface area (Å²) in [6, 6.07) is -1.16. The third kappa shape index (κ3) is 4.50. The molecular weight excluding hydrogens is 306 g/mol. The van der Waals surface area contributed by atoms with Gasteiger partial charge in [-0.3, -0.25) is 9.59 Å². The predicted molar refractivity (Wildman–Crippen MR) is 81.0 cm³/mol. The number of ether oxygens (including phenoxy) is 1. The van der Waals surface area contributed by atoms with Crippen molar-refractivity contribution in [2.45, 2.75) is 38.7 Å². The molecule has 2 aliphatic rings. The molecule has 0 bridgehead atoms. The van der Waals surface area contributed by atoms with Gasteiger partial charge in [-0.2, -0.15) is 0 Å². The van der Waals surface area contributed by atoms with Crippen LogP contribution in [0.4, 0.5) is 8.78 Å². The fraction of sp³-hybridized carbons (Fsp3) is 0.750. The predicted octanol–water partition coefficient (Wildman–Crippen LogP) is 1.59. The number of amides is 2. The first-order valence-electron chi connectivity index (χ1n) is 8.14. The Balaban J connectivity index is 2.04. The van der Waals surface area contributed by atoms with Crippen LogP contribution in [-0.4, -0.2) is 55.5 Å². The highest BCUT2D eigenvalue weighted by molar-refractivity contribution is 5.88. The standard InChI is InChI=1S/C16H24F2N2O3/c1-2-13(14(17)18)19-15(21)11-5-3-4-6-12(11)16(22)20-7-9-23-10-8-20/h3-4,11-14H,2,5-10H2,1H3,(H,19,21). The Morgan fingerprint density at radius 1 is 1.22 bits per heavy atom. The van der Waals surface area contributed by atoms with E-state index in [0.717, 1.165) is 0 Å². The van der Waals surface area contributed by atoms with E-state index in [1.807, 2.05) is 12.2 Å². The highest BCUT2D eigenvalue weighted by Gasteiger charge is 2.37. The van der Waals surface area contributed by atoms with Gasteiger partial charge in [0.2, 0.25) is 11.8 Å². The first-order valence-corrected chi connectivity index (χ1v) is 8.14. The van der Waals surface area contributed by atoms with Crippen molar-refractivity contribution in [2.24, 2.45) is 11.8 Å². The third-order valence-electron chi connectivity index (χ3n) is 4.48. The van der Waals surface area contributed by atoms with Gasteiger partial charge < -0.3 is 15.0 Å². The van der Waals surface area contributed by atoms with Crippen molar-refractivity contribution in [3.8, 4) is 0 Å². The lowest BCUT2D eigenvalue weighted by Gasteiger charge is -2.34. The summed E-state index contributed by atoms with van der Waals surface area (Å²) >= 11 is 0. The molecule has 1 fully saturated rings. The van der Waals surface area contributed by atoms with Crippen LogP contribution in [0.3, 0.4) is 0 Å². The lowest BCUT2D eigenvalue weighted by molar-refractivity contribution is -0.145. The number of hydrogen-bond acceptors (Lipinski definition) is 3. The second kappa shape index (κ2) is 8.38. The number of alkyl halides is 2. The summed E-state index contributed by atoms with van der Waals surface area (Å²) in [6.45, 7) is 3.63. The maximum Gasteiger partial charge on any atom is 0.258 e. The van der Waals surface area contributed by atoms with Crippen molar-refractivity contribution < 1.29 is 23.1 Å². The molecule has 0 aromatic carbocycles. The van der Waals surface area contributed by atoms with Gasteiger partial charge in [0.15, 0.2) is 0 Å². The first-order chi connectivity index (χ1) is 11.0. The summed E-state index contributed by atoms with van der Waals surface area (Å²) < 4.78 is 30.9. The number of morpholine rings is 1. The van der Waals surface area contributed by atoms with E-state index in [1.54, 1.807) is 11.8 Å². The van der Waals surface area contributed by atoms with Gasteiger partial charge in [-0.1, -0.05) is 19.1 Å². The lowest BCUT2D eigenvalue weighted by Crippen LogP contribution is -2.50. The molecule has 2 rings (SSSR count). The van der Waals surface area contributed by atoms with Gasteiger partial charge in [0.1, 0.15) is 0 Å². The normalized spacial score (nSPS) is 26.2. The van der Waals surface area contributed by atoms with Crippen LogP contribution >= 0.6 is 0 Å². The Hall–Kier alpha value is -1.50. The minimum atomic E-state index is -2.60. The quantitative estimate of drug-likeness (QED) is 0.779. The number of halogens is 2. The number of nitrogens with one attached hydrogen (secondary N) is 1. The molecule has 23 heavy (non-hydrogen) atoms. The van der Waals surface area contributed by atoms with Crippen LogP contribution in [0.25, 0.3) is 0 Å². The molecule has 0 aromatic heterocycles. The van der Waals surface area contributed by atoms with Crippen molar-refractivity contribution in [1.82, 2.24) is 10.2 Å². The fourth-order valence-electron chi connectivity index (χ4n) is 3.03. The minimum Gasteiger partial charge on any atom is -0.378 e. The Kier molecular flexibility index (Phi) is 6.50. The van der Waals surface area contributed by atoms with Crippen molar-refractivity contribution in [1.29, 1.82) is 0 Å². The van der Waals surface area contributed by atoms with E-state index in [9.17, 15) is 18.4 Å². The van der Waals surface area contributed by atoms with Gasteiger partial charge in [-0.05, 0) is 19.3 Å². The van der Waals surface area contributed by atoms with Gasteiger partial charge >= 0.3 is 0 Å². The van der Waals surface area contributed by atoms with Crippen molar-refractivity contribution >= 4 is 11.8 Å². The van der Waals surface area contributed by atoms with Crippen molar-refractivity contribution in [3.63, 3.8) is 0 Å². The molecule has 0 spiro atoms. The molecule has 3 unspecified atom stereocenters. The summed E-state index contributed by atoms with van der Waals surface area (Å²) in [5, 5.41) is 2.41. The highest BCUT2D eigenvalue weighted by Crippen LogP contribution is 2.28. The smallest absolute Gasteiger partial charge is 0.258 e. The largest absolute Gasteiger partial charge is 0.378 e. The first kappa shape index (κ1) is 17.8. The zero-order valence-electron chi connectivity index (χ0n) is 13.3. The van der Waals surface area contributed by atoms with E-state index < -0.39 is 30.2 Å². The Morgan fingerprint density at radius 2 is 1.83 bits per heavy atom. The van der Waals surface area contributed by atoms with Gasteiger partial charge in [0.05, 0.1) is 31.1 Å². The van der Waals surface area contributed by atoms with E-state index in [2.05, 4.69) is 5.32 Å². The summed E-state index contributed by atoms with van der Waals surface area (Å²) in [5.74, 6) is -1.59. The molecule has 1 heterocycles. The Labute approximate surface area is 135 Å². The molecular formula is C16H24F2N2O3. The van der Waals surface area contributed by atoms with Crippen LogP contribution in [-0.2, 0) is 14.3 Å². The molecule has 1 aliphatic carbocycles. The second-order valence-corrected chi connectivity index (χ2v) is 5.95. The summed E-state index contributed by atoms with van der Waals surface area (Å²) in [6.07, 6.45) is 2.17. The molecule has 0 radical (unpaired) electrons. The van der Waals surface area contributed by atoms with Crippen LogP contribution < -0.4 is 5.32 Å². The number of hydrogen-bond donors (Lipinski definition) is 1. The van der Waals surface area contributed by atoms with Gasteiger partial charge in [-0.25, -0.2) is 8.78 Å². The molecule has 130 valence electrons. The van der Waals surface area contributed by atoms with E-state index in [4.69, 9.17) is 4.74 Å². The summed E-state index contributed by atoms with van der Waals surface area (Å²) in [7, 11) is 0. The Morgan fingerprint density at radius 3 is 2.39 bits per heavy atom. The van der Waals surface area contributed by atoms with E-state index in [0.29, 0.717) is 39.1 Å². The van der Waals surface area contributed by atoms with Crippen LogP contribution in [0, 0.1) is 11.8 Å². The average molecular weight is 330 g/mol. The molecule has 2 amide bonds. The van der Waals surface area contributed by atoms with Crippen molar-refractivity contribution in [3.05, 3.63) is 12.2 Å². The maximum absolute atomic E-state index is 12.9. The van der Waals surface area contributed by atoms with E-state index in [1.165, 1.54) is 0 Å². The second-order valence-electron chi connectivity index (χ2n) is 5.95. The van der Waals surface area contributed by atoms with Crippen LogP contribution in [0.2, 0.25) is 0 Å². The Bertz CT molecular complexity index is 451. The number of rotatable bonds is 5. The van der Waals surface area contributed by atoms with Crippen molar-refractivity contribution in [2.75, 3.05) is 26.3 Å². The molecule has 5 nitrogen and oxygen atoms in total. The topological polar surface area (TPSA) is 58.6 Å². The maximum atomic E-state index is 12.9.